The quantitative estimate of drug-likeness (QED) is 0.646. The molecule has 1 aliphatic carbocycles. The van der Waals surface area contributed by atoms with E-state index in [2.05, 4.69) is 24.5 Å². The van der Waals surface area contributed by atoms with E-state index in [0.717, 1.165) is 32.1 Å². The van der Waals surface area contributed by atoms with Gasteiger partial charge in [0.1, 0.15) is 0 Å². The molecule has 2 amide bonds. The summed E-state index contributed by atoms with van der Waals surface area (Å²) in [6.07, 6.45) is 5.90. The first-order chi connectivity index (χ1) is 8.06. The molecule has 2 atom stereocenters. The molecular formula is C13H26N2O2. The minimum Gasteiger partial charge on any atom is -0.388 e. The zero-order chi connectivity index (χ0) is 12.7. The van der Waals surface area contributed by atoms with Crippen LogP contribution in [-0.4, -0.2) is 29.8 Å². The summed E-state index contributed by atoms with van der Waals surface area (Å²) >= 11 is 0. The molecule has 1 aliphatic rings. The molecule has 0 aromatic carbocycles. The minimum atomic E-state index is -0.695. The summed E-state index contributed by atoms with van der Waals surface area (Å²) in [7, 11) is 0. The van der Waals surface area contributed by atoms with Gasteiger partial charge in [0.05, 0.1) is 5.60 Å². The largest absolute Gasteiger partial charge is 0.388 e. The van der Waals surface area contributed by atoms with Crippen LogP contribution in [0.25, 0.3) is 0 Å². The molecule has 0 aromatic heterocycles. The fraction of sp³-hybridized carbons (Fsp3) is 0.923. The number of carbonyl (C=O) groups is 1. The summed E-state index contributed by atoms with van der Waals surface area (Å²) in [6, 6.07) is -0.162. The summed E-state index contributed by atoms with van der Waals surface area (Å²) in [6.45, 7) is 5.32. The Labute approximate surface area is 104 Å². The molecule has 0 radical (unpaired) electrons. The van der Waals surface area contributed by atoms with Crippen molar-refractivity contribution in [1.82, 2.24) is 10.6 Å². The monoisotopic (exact) mass is 242 g/mol. The van der Waals surface area contributed by atoms with Crippen LogP contribution >= 0.6 is 0 Å². The lowest BCUT2D eigenvalue weighted by atomic mass is 9.79. The van der Waals surface area contributed by atoms with Gasteiger partial charge < -0.3 is 15.7 Å². The Morgan fingerprint density at radius 2 is 2.24 bits per heavy atom. The zero-order valence-corrected chi connectivity index (χ0v) is 11.1. The fourth-order valence-corrected chi connectivity index (χ4v) is 2.48. The normalized spacial score (nSPS) is 28.8. The van der Waals surface area contributed by atoms with E-state index in [1.54, 1.807) is 0 Å². The van der Waals surface area contributed by atoms with Crippen LogP contribution in [0.5, 0.6) is 0 Å². The van der Waals surface area contributed by atoms with Crippen LogP contribution in [0.3, 0.4) is 0 Å². The molecule has 2 unspecified atom stereocenters. The second-order valence-electron chi connectivity index (χ2n) is 5.39. The predicted octanol–water partition coefficient (Wildman–Crippen LogP) is 2.03. The van der Waals surface area contributed by atoms with E-state index in [1.165, 1.54) is 6.42 Å². The number of carbonyl (C=O) groups excluding carboxylic acids is 1. The number of nitrogens with one attached hydrogen (secondary N) is 2. The van der Waals surface area contributed by atoms with E-state index in [4.69, 9.17) is 0 Å². The Morgan fingerprint density at radius 3 is 2.88 bits per heavy atom. The first kappa shape index (κ1) is 14.3. The summed E-state index contributed by atoms with van der Waals surface area (Å²) in [5.41, 5.74) is -0.695. The second kappa shape index (κ2) is 6.84. The molecule has 0 aliphatic heterocycles. The lowest BCUT2D eigenvalue weighted by Gasteiger charge is -2.35. The number of rotatable bonds is 5. The van der Waals surface area contributed by atoms with Crippen LogP contribution in [0.1, 0.15) is 52.4 Å². The molecule has 0 bridgehead atoms. The Kier molecular flexibility index (Phi) is 5.75. The third-order valence-electron chi connectivity index (χ3n) is 3.46. The number of aliphatic hydroxyl groups is 1. The molecule has 1 saturated carbocycles. The van der Waals surface area contributed by atoms with Crippen molar-refractivity contribution < 1.29 is 9.90 Å². The smallest absolute Gasteiger partial charge is 0.314 e. The maximum Gasteiger partial charge on any atom is 0.314 e. The lowest BCUT2D eigenvalue weighted by Crippen LogP contribution is -2.48. The topological polar surface area (TPSA) is 61.4 Å². The fourth-order valence-electron chi connectivity index (χ4n) is 2.48. The Balaban J connectivity index is 2.21. The Hall–Kier alpha value is -0.770. The van der Waals surface area contributed by atoms with Gasteiger partial charge in [0, 0.05) is 13.1 Å². The van der Waals surface area contributed by atoms with E-state index in [9.17, 15) is 9.90 Å². The van der Waals surface area contributed by atoms with Crippen molar-refractivity contribution in [2.75, 3.05) is 13.1 Å². The molecule has 0 saturated heterocycles. The highest BCUT2D eigenvalue weighted by Gasteiger charge is 2.32. The molecule has 4 heteroatoms. The maximum absolute atomic E-state index is 11.5. The number of amides is 2. The highest BCUT2D eigenvalue weighted by Crippen LogP contribution is 2.31. The van der Waals surface area contributed by atoms with Crippen LogP contribution < -0.4 is 10.6 Å². The highest BCUT2D eigenvalue weighted by molar-refractivity contribution is 5.73. The molecule has 0 spiro atoms. The first-order valence-electron chi connectivity index (χ1n) is 6.80. The Bertz CT molecular complexity index is 246. The van der Waals surface area contributed by atoms with E-state index in [-0.39, 0.29) is 6.03 Å². The van der Waals surface area contributed by atoms with Gasteiger partial charge in [-0.15, -0.1) is 0 Å². The van der Waals surface area contributed by atoms with Crippen LogP contribution in [0.2, 0.25) is 0 Å². The summed E-state index contributed by atoms with van der Waals surface area (Å²) in [4.78, 5) is 11.5. The number of hydrogen-bond donors (Lipinski definition) is 3. The molecule has 17 heavy (non-hydrogen) atoms. The molecule has 0 aromatic rings. The SMILES string of the molecule is CCCCNC(=O)NCC1(O)CCCC(C)C1. The maximum atomic E-state index is 11.5. The van der Waals surface area contributed by atoms with E-state index < -0.39 is 5.60 Å². The number of urea groups is 1. The molecule has 100 valence electrons. The van der Waals surface area contributed by atoms with Gasteiger partial charge in [-0.3, -0.25) is 0 Å². The summed E-state index contributed by atoms with van der Waals surface area (Å²) < 4.78 is 0. The first-order valence-corrected chi connectivity index (χ1v) is 6.80. The number of hydrogen-bond acceptors (Lipinski definition) is 2. The average molecular weight is 242 g/mol. The van der Waals surface area contributed by atoms with E-state index >= 15 is 0 Å². The van der Waals surface area contributed by atoms with Gasteiger partial charge >= 0.3 is 6.03 Å². The lowest BCUT2D eigenvalue weighted by molar-refractivity contribution is -0.00950. The van der Waals surface area contributed by atoms with Gasteiger partial charge in [0.15, 0.2) is 0 Å². The molecule has 4 nitrogen and oxygen atoms in total. The van der Waals surface area contributed by atoms with Crippen molar-refractivity contribution in [1.29, 1.82) is 0 Å². The standard InChI is InChI=1S/C13H26N2O2/c1-3-4-8-14-12(16)15-10-13(17)7-5-6-11(2)9-13/h11,17H,3-10H2,1-2H3,(H2,14,15,16). The van der Waals surface area contributed by atoms with Crippen LogP contribution in [0.15, 0.2) is 0 Å². The molecule has 1 rings (SSSR count). The third kappa shape index (κ3) is 5.39. The van der Waals surface area contributed by atoms with E-state index in [1.807, 2.05) is 0 Å². The molecule has 0 heterocycles. The van der Waals surface area contributed by atoms with Gasteiger partial charge in [0.2, 0.25) is 0 Å². The molecular weight excluding hydrogens is 216 g/mol. The molecule has 3 N–H and O–H groups in total. The second-order valence-corrected chi connectivity index (χ2v) is 5.39. The predicted molar refractivity (Wildman–Crippen MR) is 68.9 cm³/mol. The van der Waals surface area contributed by atoms with Crippen molar-refractivity contribution in [3.8, 4) is 0 Å². The van der Waals surface area contributed by atoms with Crippen LogP contribution in [-0.2, 0) is 0 Å². The van der Waals surface area contributed by atoms with Gasteiger partial charge in [-0.05, 0) is 25.2 Å². The third-order valence-corrected chi connectivity index (χ3v) is 3.46. The van der Waals surface area contributed by atoms with Crippen molar-refractivity contribution in [3.05, 3.63) is 0 Å². The van der Waals surface area contributed by atoms with Crippen molar-refractivity contribution >= 4 is 6.03 Å². The van der Waals surface area contributed by atoms with Crippen LogP contribution in [0, 0.1) is 5.92 Å². The van der Waals surface area contributed by atoms with Crippen LogP contribution in [0.4, 0.5) is 4.79 Å². The number of unbranched alkanes of at least 4 members (excludes halogenated alkanes) is 1. The molecule has 1 fully saturated rings. The minimum absolute atomic E-state index is 0.162. The van der Waals surface area contributed by atoms with E-state index in [0.29, 0.717) is 19.0 Å². The highest BCUT2D eigenvalue weighted by atomic mass is 16.3. The van der Waals surface area contributed by atoms with Crippen molar-refractivity contribution in [2.45, 2.75) is 58.0 Å². The summed E-state index contributed by atoms with van der Waals surface area (Å²) in [5.74, 6) is 0.554. The van der Waals surface area contributed by atoms with Gasteiger partial charge in [-0.2, -0.15) is 0 Å². The van der Waals surface area contributed by atoms with Crippen molar-refractivity contribution in [3.63, 3.8) is 0 Å². The van der Waals surface area contributed by atoms with Gasteiger partial charge in [-0.1, -0.05) is 33.1 Å². The van der Waals surface area contributed by atoms with Gasteiger partial charge in [-0.25, -0.2) is 4.79 Å². The summed E-state index contributed by atoms with van der Waals surface area (Å²) in [5, 5.41) is 15.9. The zero-order valence-electron chi connectivity index (χ0n) is 11.1. The Morgan fingerprint density at radius 1 is 1.47 bits per heavy atom. The van der Waals surface area contributed by atoms with Gasteiger partial charge in [0.25, 0.3) is 0 Å². The van der Waals surface area contributed by atoms with Crippen molar-refractivity contribution in [2.24, 2.45) is 5.92 Å². The average Bonchev–Trinajstić information content (AvgIpc) is 2.27.